The normalized spacial score (nSPS) is 21.4. The molecule has 9 nitrogen and oxygen atoms in total. The second-order valence-electron chi connectivity index (χ2n) is 12.6. The molecular weight excluding hydrogens is 570 g/mol. The molecule has 0 spiro atoms. The van der Waals surface area contributed by atoms with Gasteiger partial charge in [-0.2, -0.15) is 4.98 Å². The van der Waals surface area contributed by atoms with E-state index in [4.69, 9.17) is 16.3 Å². The summed E-state index contributed by atoms with van der Waals surface area (Å²) >= 11 is 5.26. The Labute approximate surface area is 256 Å². The van der Waals surface area contributed by atoms with Crippen LogP contribution in [0.5, 0.6) is 5.75 Å². The molecule has 226 valence electrons. The zero-order valence-electron chi connectivity index (χ0n) is 25.0. The molecule has 6 rings (SSSR count). The van der Waals surface area contributed by atoms with Crippen molar-refractivity contribution in [3.8, 4) is 5.75 Å². The van der Waals surface area contributed by atoms with Gasteiger partial charge in [0.25, 0.3) is 5.03 Å². The summed E-state index contributed by atoms with van der Waals surface area (Å²) in [4.78, 5) is 9.14. The highest BCUT2D eigenvalue weighted by molar-refractivity contribution is 7.91. The van der Waals surface area contributed by atoms with Crippen LogP contribution in [-0.2, 0) is 18.2 Å². The number of aromatic nitrogens is 4. The van der Waals surface area contributed by atoms with Crippen molar-refractivity contribution >= 4 is 45.9 Å². The first-order chi connectivity index (χ1) is 20.2. The number of ether oxygens (including phenoxy) is 1. The summed E-state index contributed by atoms with van der Waals surface area (Å²) in [6.07, 6.45) is 13.3. The highest BCUT2D eigenvalue weighted by atomic mass is 35.5. The third-order valence-corrected chi connectivity index (χ3v) is 10.1. The lowest BCUT2D eigenvalue weighted by Crippen LogP contribution is -2.34. The molecule has 3 aliphatic rings. The number of hydrogen-bond donors (Lipinski definition) is 3. The number of anilines is 4. The Hall–Kier alpha value is -2.53. The zero-order chi connectivity index (χ0) is 29.4. The molecule has 3 N–H and O–H groups in total. The van der Waals surface area contributed by atoms with Gasteiger partial charge in [0.2, 0.25) is 5.95 Å². The molecule has 1 unspecified atom stereocenters. The Kier molecular flexibility index (Phi) is 8.86. The van der Waals surface area contributed by atoms with Crippen LogP contribution in [0.4, 0.5) is 23.1 Å². The van der Waals surface area contributed by atoms with Crippen molar-refractivity contribution in [2.45, 2.75) is 101 Å². The quantitative estimate of drug-likeness (QED) is 0.193. The fourth-order valence-corrected chi connectivity index (χ4v) is 7.20. The maximum absolute atomic E-state index is 12.9. The van der Waals surface area contributed by atoms with Crippen LogP contribution in [0.15, 0.2) is 29.6 Å². The van der Waals surface area contributed by atoms with E-state index in [9.17, 15) is 4.55 Å². The molecule has 3 aliphatic carbocycles. The summed E-state index contributed by atoms with van der Waals surface area (Å²) < 4.78 is 21.0. The average Bonchev–Trinajstić information content (AvgIpc) is 3.88. The number of aryl methyl sites for hydroxylation is 2. The summed E-state index contributed by atoms with van der Waals surface area (Å²) in [5.41, 5.74) is 4.10. The van der Waals surface area contributed by atoms with E-state index < -0.39 is 11.2 Å². The Morgan fingerprint density at radius 3 is 2.43 bits per heavy atom. The largest absolute Gasteiger partial charge is 0.610 e. The van der Waals surface area contributed by atoms with Gasteiger partial charge in [-0.25, -0.2) is 4.98 Å². The summed E-state index contributed by atoms with van der Waals surface area (Å²) in [5.74, 6) is 3.02. The predicted molar refractivity (Wildman–Crippen MR) is 169 cm³/mol. The Morgan fingerprint density at radius 1 is 1.05 bits per heavy atom. The number of rotatable bonds is 12. The number of hydrogen-bond acceptors (Lipinski definition) is 8. The first kappa shape index (κ1) is 29.5. The van der Waals surface area contributed by atoms with Crippen molar-refractivity contribution in [2.24, 2.45) is 13.0 Å². The topological polar surface area (TPSA) is 112 Å². The molecule has 2 aromatic heterocycles. The smallest absolute Gasteiger partial charge is 0.286 e. The Bertz CT molecular complexity index is 1400. The first-order valence-electron chi connectivity index (χ1n) is 15.3. The molecule has 0 saturated heterocycles. The molecular formula is C31H42ClN7O2S. The van der Waals surface area contributed by atoms with E-state index in [0.717, 1.165) is 30.3 Å². The van der Waals surface area contributed by atoms with E-state index >= 15 is 0 Å². The molecule has 0 radical (unpaired) electrons. The molecule has 0 bridgehead atoms. The lowest BCUT2D eigenvalue weighted by atomic mass is 9.80. The van der Waals surface area contributed by atoms with Gasteiger partial charge in [0, 0.05) is 30.3 Å². The van der Waals surface area contributed by atoms with Crippen molar-refractivity contribution < 1.29 is 9.29 Å². The molecule has 11 heteroatoms. The van der Waals surface area contributed by atoms with Crippen molar-refractivity contribution in [3.05, 3.63) is 40.7 Å². The van der Waals surface area contributed by atoms with E-state index in [-0.39, 0.29) is 12.0 Å². The van der Waals surface area contributed by atoms with Gasteiger partial charge in [0.15, 0.2) is 5.82 Å². The van der Waals surface area contributed by atoms with Crippen LogP contribution in [0.3, 0.4) is 0 Å². The van der Waals surface area contributed by atoms with Crippen molar-refractivity contribution in [2.75, 3.05) is 16.4 Å². The van der Waals surface area contributed by atoms with Crippen LogP contribution in [-0.4, -0.2) is 48.2 Å². The third-order valence-electron chi connectivity index (χ3n) is 8.14. The minimum atomic E-state index is -1.25. The molecule has 2 heterocycles. The van der Waals surface area contributed by atoms with Crippen LogP contribution in [0.1, 0.15) is 82.3 Å². The van der Waals surface area contributed by atoms with Gasteiger partial charge in [-0.15, -0.1) is 5.10 Å². The molecule has 3 aromatic rings. The van der Waals surface area contributed by atoms with Crippen LogP contribution in [0, 0.1) is 12.8 Å². The monoisotopic (exact) mass is 611 g/mol. The zero-order valence-corrected chi connectivity index (χ0v) is 26.5. The summed E-state index contributed by atoms with van der Waals surface area (Å²) in [5, 5.41) is 15.7. The van der Waals surface area contributed by atoms with Gasteiger partial charge in [0.1, 0.15) is 22.2 Å². The van der Waals surface area contributed by atoms with Crippen LogP contribution in [0.25, 0.3) is 0 Å². The molecule has 0 amide bonds. The van der Waals surface area contributed by atoms with Crippen LogP contribution in [0.2, 0.25) is 5.02 Å². The van der Waals surface area contributed by atoms with Gasteiger partial charge in [0.05, 0.1) is 24.2 Å². The fraction of sp³-hybridized carbons (Fsp3) is 0.581. The molecule has 42 heavy (non-hydrogen) atoms. The maximum Gasteiger partial charge on any atom is 0.286 e. The van der Waals surface area contributed by atoms with E-state index in [1.54, 1.807) is 24.1 Å². The van der Waals surface area contributed by atoms with E-state index in [2.05, 4.69) is 50.1 Å². The van der Waals surface area contributed by atoms with Crippen LogP contribution >= 0.6 is 11.6 Å². The minimum Gasteiger partial charge on any atom is -0.610 e. The summed E-state index contributed by atoms with van der Waals surface area (Å²) in [6.45, 7) is 6.27. The minimum absolute atomic E-state index is 0.263. The van der Waals surface area contributed by atoms with Gasteiger partial charge in [-0.3, -0.25) is 4.68 Å². The lowest BCUT2D eigenvalue weighted by molar-refractivity contribution is 0.303. The molecule has 3 saturated carbocycles. The predicted octanol–water partition coefficient (Wildman–Crippen LogP) is 6.74. The second-order valence-corrected chi connectivity index (χ2v) is 14.4. The standard InChI is InChI=1S/C31H42ClN7O2S/c1-18(2)17-42(40)30-27(16-39(4)38-30)35-29-25(32)15-33-31(37-29)36-26-13-19(3)24(14-28(26)41-23-11-12-23)20-5-7-21(8-6-20)34-22-9-10-22/h13-16,18,20-23,34H,5-12,17H2,1-4H3,(H2,33,35,36,37)/t20-,21+,42?. The second kappa shape index (κ2) is 12.6. The van der Waals surface area contributed by atoms with Gasteiger partial charge in [-0.1, -0.05) is 25.4 Å². The molecule has 0 aliphatic heterocycles. The van der Waals surface area contributed by atoms with E-state index in [1.807, 2.05) is 13.8 Å². The SMILES string of the molecule is Cc1cc(Nc2ncc(Cl)c(Nc3cn(C)nc3[S+]([O-])CC(C)C)n2)c(OC2CC2)cc1[C@H]1CC[C@@H](NC2CC2)CC1. The van der Waals surface area contributed by atoms with Gasteiger partial charge >= 0.3 is 0 Å². The van der Waals surface area contributed by atoms with Gasteiger partial charge in [-0.05, 0) is 93.4 Å². The number of nitrogens with zero attached hydrogens (tertiary/aromatic N) is 4. The van der Waals surface area contributed by atoms with Crippen molar-refractivity contribution in [1.29, 1.82) is 0 Å². The summed E-state index contributed by atoms with van der Waals surface area (Å²) in [7, 11) is 1.81. The highest BCUT2D eigenvalue weighted by Crippen LogP contribution is 2.42. The number of benzene rings is 1. The van der Waals surface area contributed by atoms with Crippen molar-refractivity contribution in [3.63, 3.8) is 0 Å². The van der Waals surface area contributed by atoms with E-state index in [1.165, 1.54) is 49.7 Å². The molecule has 3 fully saturated rings. The molecule has 1 aromatic carbocycles. The van der Waals surface area contributed by atoms with Crippen molar-refractivity contribution in [1.82, 2.24) is 25.1 Å². The van der Waals surface area contributed by atoms with Gasteiger partial charge < -0.3 is 25.2 Å². The summed E-state index contributed by atoms with van der Waals surface area (Å²) in [6, 6.07) is 5.85. The first-order valence-corrected chi connectivity index (χ1v) is 17.0. The average molecular weight is 612 g/mol. The highest BCUT2D eigenvalue weighted by Gasteiger charge is 2.30. The Morgan fingerprint density at radius 2 is 1.76 bits per heavy atom. The third kappa shape index (κ3) is 7.33. The number of nitrogens with one attached hydrogen (secondary N) is 3. The lowest BCUT2D eigenvalue weighted by Gasteiger charge is -2.31. The number of halogens is 1. The van der Waals surface area contributed by atoms with Crippen LogP contribution < -0.4 is 20.7 Å². The van der Waals surface area contributed by atoms with E-state index in [0.29, 0.717) is 45.2 Å². The maximum atomic E-state index is 12.9. The molecule has 1 atom stereocenters. The Balaban J connectivity index is 1.21. The fourth-order valence-electron chi connectivity index (χ4n) is 5.73.